The van der Waals surface area contributed by atoms with Crippen molar-refractivity contribution in [2.24, 2.45) is 0 Å². The smallest absolute Gasteiger partial charge is 0.128 e. The summed E-state index contributed by atoms with van der Waals surface area (Å²) in [6.45, 7) is 7.30. The first-order chi connectivity index (χ1) is 5.16. The van der Waals surface area contributed by atoms with Gasteiger partial charge in [0.05, 0.1) is 10.2 Å². The predicted molar refractivity (Wildman–Crippen MR) is 48.5 cm³/mol. The van der Waals surface area contributed by atoms with Crippen molar-refractivity contribution in [3.63, 3.8) is 0 Å². The topological polar surface area (TPSA) is 17.8 Å². The van der Waals surface area contributed by atoms with Gasteiger partial charge in [0.2, 0.25) is 0 Å². The first-order valence-electron chi connectivity index (χ1n) is 3.80. The van der Waals surface area contributed by atoms with E-state index in [1.165, 1.54) is 5.69 Å². The molecule has 0 atom stereocenters. The SMILES string of the molecule is CCn1n[c]c(Br)c1C(C)C. The molecule has 1 aromatic rings. The van der Waals surface area contributed by atoms with Crippen molar-refractivity contribution in [1.29, 1.82) is 0 Å². The minimum Gasteiger partial charge on any atom is -0.268 e. The lowest BCUT2D eigenvalue weighted by molar-refractivity contribution is 0.596. The lowest BCUT2D eigenvalue weighted by Gasteiger charge is -2.07. The van der Waals surface area contributed by atoms with Gasteiger partial charge >= 0.3 is 0 Å². The Morgan fingerprint density at radius 1 is 1.64 bits per heavy atom. The van der Waals surface area contributed by atoms with Gasteiger partial charge in [-0.2, -0.15) is 5.10 Å². The molecule has 0 spiro atoms. The number of aryl methyl sites for hydroxylation is 1. The molecule has 61 valence electrons. The van der Waals surface area contributed by atoms with Gasteiger partial charge in [-0.1, -0.05) is 13.8 Å². The highest BCUT2D eigenvalue weighted by molar-refractivity contribution is 9.10. The van der Waals surface area contributed by atoms with E-state index in [2.05, 4.69) is 48.0 Å². The summed E-state index contributed by atoms with van der Waals surface area (Å²) in [5, 5.41) is 4.10. The van der Waals surface area contributed by atoms with E-state index in [9.17, 15) is 0 Å². The van der Waals surface area contributed by atoms with Crippen molar-refractivity contribution in [3.8, 4) is 0 Å². The van der Waals surface area contributed by atoms with Gasteiger partial charge in [-0.25, -0.2) is 0 Å². The second-order valence-corrected chi connectivity index (χ2v) is 3.57. The van der Waals surface area contributed by atoms with Gasteiger partial charge in [-0.3, -0.25) is 4.68 Å². The van der Waals surface area contributed by atoms with Crippen LogP contribution in [0.2, 0.25) is 0 Å². The van der Waals surface area contributed by atoms with Crippen molar-refractivity contribution < 1.29 is 0 Å². The van der Waals surface area contributed by atoms with Crippen LogP contribution in [0, 0.1) is 6.20 Å². The van der Waals surface area contributed by atoms with Crippen LogP contribution in [-0.4, -0.2) is 9.78 Å². The van der Waals surface area contributed by atoms with Crippen LogP contribution >= 0.6 is 15.9 Å². The lowest BCUT2D eigenvalue weighted by atomic mass is 10.1. The Hall–Kier alpha value is -0.310. The van der Waals surface area contributed by atoms with Crippen molar-refractivity contribution >= 4 is 15.9 Å². The molecular formula is C8H12BrN2. The molecule has 0 amide bonds. The van der Waals surface area contributed by atoms with Crippen LogP contribution in [0.25, 0.3) is 0 Å². The highest BCUT2D eigenvalue weighted by Gasteiger charge is 2.10. The zero-order chi connectivity index (χ0) is 8.43. The van der Waals surface area contributed by atoms with Crippen LogP contribution in [0.1, 0.15) is 32.4 Å². The number of rotatable bonds is 2. The molecule has 0 N–H and O–H groups in total. The standard InChI is InChI=1S/C8H12BrN2/c1-4-11-8(6(2)3)7(9)5-10-11/h6H,4H2,1-3H3. The van der Waals surface area contributed by atoms with Crippen molar-refractivity contribution in [2.75, 3.05) is 0 Å². The molecule has 0 bridgehead atoms. The molecule has 0 aliphatic rings. The molecule has 0 saturated heterocycles. The van der Waals surface area contributed by atoms with Gasteiger partial charge in [-0.05, 0) is 28.8 Å². The van der Waals surface area contributed by atoms with E-state index in [0.29, 0.717) is 5.92 Å². The third-order valence-corrected chi connectivity index (χ3v) is 2.20. The van der Waals surface area contributed by atoms with Gasteiger partial charge in [0.1, 0.15) is 6.20 Å². The van der Waals surface area contributed by atoms with E-state index in [0.717, 1.165) is 11.0 Å². The third-order valence-electron chi connectivity index (χ3n) is 1.62. The molecule has 0 aliphatic heterocycles. The molecule has 0 saturated carbocycles. The number of hydrogen-bond acceptors (Lipinski definition) is 1. The van der Waals surface area contributed by atoms with Crippen LogP contribution < -0.4 is 0 Å². The van der Waals surface area contributed by atoms with Gasteiger partial charge in [0.25, 0.3) is 0 Å². The van der Waals surface area contributed by atoms with Crippen molar-refractivity contribution in [2.45, 2.75) is 33.2 Å². The summed E-state index contributed by atoms with van der Waals surface area (Å²) in [4.78, 5) is 0. The fourth-order valence-electron chi connectivity index (χ4n) is 1.12. The highest BCUT2D eigenvalue weighted by Crippen LogP contribution is 2.23. The van der Waals surface area contributed by atoms with E-state index >= 15 is 0 Å². The molecule has 2 nitrogen and oxygen atoms in total. The number of nitrogens with zero attached hydrogens (tertiary/aromatic N) is 2. The Kier molecular flexibility index (Phi) is 2.71. The van der Waals surface area contributed by atoms with Crippen LogP contribution in [0.5, 0.6) is 0 Å². The van der Waals surface area contributed by atoms with E-state index in [-0.39, 0.29) is 0 Å². The average Bonchev–Trinajstić information content (AvgIpc) is 2.30. The normalized spacial score (nSPS) is 11.0. The Morgan fingerprint density at radius 3 is 2.64 bits per heavy atom. The van der Waals surface area contributed by atoms with E-state index in [1.54, 1.807) is 0 Å². The van der Waals surface area contributed by atoms with E-state index in [1.807, 2.05) is 4.68 Å². The van der Waals surface area contributed by atoms with Crippen molar-refractivity contribution in [3.05, 3.63) is 16.4 Å². The Bertz CT molecular complexity index is 240. The monoisotopic (exact) mass is 215 g/mol. The number of hydrogen-bond donors (Lipinski definition) is 0. The molecule has 3 heteroatoms. The van der Waals surface area contributed by atoms with Crippen LogP contribution in [0.3, 0.4) is 0 Å². The lowest BCUT2D eigenvalue weighted by Crippen LogP contribution is -2.04. The molecule has 1 rings (SSSR count). The first kappa shape index (κ1) is 8.78. The minimum absolute atomic E-state index is 0.503. The largest absolute Gasteiger partial charge is 0.268 e. The van der Waals surface area contributed by atoms with E-state index in [4.69, 9.17) is 0 Å². The number of aromatic nitrogens is 2. The maximum Gasteiger partial charge on any atom is 0.128 e. The molecule has 0 aromatic carbocycles. The Morgan fingerprint density at radius 2 is 2.27 bits per heavy atom. The van der Waals surface area contributed by atoms with Gasteiger partial charge in [-0.15, -0.1) is 0 Å². The zero-order valence-corrected chi connectivity index (χ0v) is 8.64. The van der Waals surface area contributed by atoms with Gasteiger partial charge < -0.3 is 0 Å². The second-order valence-electron chi connectivity index (χ2n) is 2.78. The fourth-order valence-corrected chi connectivity index (χ4v) is 1.86. The minimum atomic E-state index is 0.503. The quantitative estimate of drug-likeness (QED) is 0.742. The molecule has 0 fully saturated rings. The van der Waals surface area contributed by atoms with Crippen LogP contribution in [0.4, 0.5) is 0 Å². The fraction of sp³-hybridized carbons (Fsp3) is 0.625. The first-order valence-corrected chi connectivity index (χ1v) is 4.60. The molecule has 0 aliphatic carbocycles. The number of halogens is 1. The summed E-state index contributed by atoms with van der Waals surface area (Å²) >= 11 is 3.42. The Labute approximate surface area is 75.7 Å². The summed E-state index contributed by atoms with van der Waals surface area (Å²) < 4.78 is 2.96. The molecule has 1 heterocycles. The molecule has 1 aromatic heterocycles. The van der Waals surface area contributed by atoms with Gasteiger partial charge in [0, 0.05) is 6.54 Å². The summed E-state index contributed by atoms with van der Waals surface area (Å²) in [7, 11) is 0. The summed E-state index contributed by atoms with van der Waals surface area (Å²) in [5.41, 5.74) is 1.23. The maximum atomic E-state index is 4.10. The van der Waals surface area contributed by atoms with Gasteiger partial charge in [0.15, 0.2) is 0 Å². The maximum absolute atomic E-state index is 4.10. The van der Waals surface area contributed by atoms with Crippen LogP contribution in [0.15, 0.2) is 4.47 Å². The predicted octanol–water partition coefficient (Wildman–Crippen LogP) is 2.59. The molecule has 1 radical (unpaired) electrons. The molecule has 0 unspecified atom stereocenters. The third kappa shape index (κ3) is 1.64. The molecular weight excluding hydrogens is 204 g/mol. The average molecular weight is 216 g/mol. The zero-order valence-electron chi connectivity index (χ0n) is 7.06. The Balaban J connectivity index is 3.07. The highest BCUT2D eigenvalue weighted by atomic mass is 79.9. The van der Waals surface area contributed by atoms with Crippen molar-refractivity contribution in [1.82, 2.24) is 9.78 Å². The van der Waals surface area contributed by atoms with Crippen LogP contribution in [-0.2, 0) is 6.54 Å². The molecule has 11 heavy (non-hydrogen) atoms. The van der Waals surface area contributed by atoms with E-state index < -0.39 is 0 Å². The summed E-state index contributed by atoms with van der Waals surface area (Å²) in [6.07, 6.45) is 2.90. The summed E-state index contributed by atoms with van der Waals surface area (Å²) in [6, 6.07) is 0. The summed E-state index contributed by atoms with van der Waals surface area (Å²) in [5.74, 6) is 0.503. The second kappa shape index (κ2) is 3.39.